The molecule has 3 atom stereocenters. The molecule has 2 amide bonds. The molecule has 0 spiro atoms. The van der Waals surface area contributed by atoms with Crippen LogP contribution in [-0.4, -0.2) is 33.9 Å². The number of carboxylic acids is 1. The minimum absolute atomic E-state index is 0.141. The van der Waals surface area contributed by atoms with E-state index < -0.39 is 35.2 Å². The molecule has 5 N–H and O–H groups in total. The number of hydrogen-bond donors (Lipinski definition) is 4. The summed E-state index contributed by atoms with van der Waals surface area (Å²) in [6.07, 6.45) is 2.39. The van der Waals surface area contributed by atoms with Crippen molar-refractivity contribution in [2.45, 2.75) is 57.4 Å². The summed E-state index contributed by atoms with van der Waals surface area (Å²) in [4.78, 5) is 42.3. The highest BCUT2D eigenvalue weighted by Crippen LogP contribution is 2.48. The van der Waals surface area contributed by atoms with E-state index in [1.54, 1.807) is 6.07 Å². The molecule has 1 aromatic heterocycles. The second kappa shape index (κ2) is 10.5. The first-order chi connectivity index (χ1) is 17.7. The monoisotopic (exact) mass is 500 g/mol. The molecule has 4 rings (SSSR count). The fourth-order valence-electron chi connectivity index (χ4n) is 5.76. The van der Waals surface area contributed by atoms with Gasteiger partial charge in [0.2, 0.25) is 11.8 Å². The van der Waals surface area contributed by atoms with Crippen LogP contribution in [0.3, 0.4) is 0 Å². The lowest BCUT2D eigenvalue weighted by Crippen LogP contribution is -2.55. The van der Waals surface area contributed by atoms with Crippen molar-refractivity contribution < 1.29 is 19.5 Å². The zero-order valence-corrected chi connectivity index (χ0v) is 21.1. The van der Waals surface area contributed by atoms with Crippen LogP contribution in [-0.2, 0) is 15.0 Å². The molecule has 1 saturated carbocycles. The second-order valence-corrected chi connectivity index (χ2v) is 10.3. The van der Waals surface area contributed by atoms with E-state index >= 15 is 0 Å². The third-order valence-corrected chi connectivity index (χ3v) is 7.41. The smallest absolute Gasteiger partial charge is 0.352 e. The summed E-state index contributed by atoms with van der Waals surface area (Å²) in [6.45, 7) is 3.92. The standard InChI is InChI=1S/C29H32N4O4/c1-17(2)14-20(16-30)32-26(34)22-10-6-7-13-29(22,28(31)37)24-21-12-11-19(18-8-4-3-5-9-18)15-23(21)33-25(24)27(35)36/h3-5,8-9,11-12,15,17,20,22,33H,6-7,10,13-14H2,1-2H3,(H2,31,37)(H,32,34)(H,35,36)/t20-,22-,29-/m0/s1. The number of primary amides is 1. The van der Waals surface area contributed by atoms with E-state index in [9.17, 15) is 24.8 Å². The van der Waals surface area contributed by atoms with Crippen molar-refractivity contribution in [2.24, 2.45) is 17.6 Å². The van der Waals surface area contributed by atoms with Crippen LogP contribution in [0.4, 0.5) is 0 Å². The van der Waals surface area contributed by atoms with Crippen LogP contribution in [0, 0.1) is 23.2 Å². The Morgan fingerprint density at radius 3 is 2.51 bits per heavy atom. The van der Waals surface area contributed by atoms with Crippen molar-refractivity contribution in [2.75, 3.05) is 0 Å². The number of amides is 2. The summed E-state index contributed by atoms with van der Waals surface area (Å²) < 4.78 is 0. The van der Waals surface area contributed by atoms with Gasteiger partial charge in [0.25, 0.3) is 0 Å². The van der Waals surface area contributed by atoms with Crippen molar-refractivity contribution in [3.05, 3.63) is 59.8 Å². The summed E-state index contributed by atoms with van der Waals surface area (Å²) in [5.74, 6) is -3.12. The highest BCUT2D eigenvalue weighted by molar-refractivity contribution is 6.06. The number of fused-ring (bicyclic) bond motifs is 1. The number of hydrogen-bond acceptors (Lipinski definition) is 4. The molecule has 0 radical (unpaired) electrons. The van der Waals surface area contributed by atoms with Gasteiger partial charge in [0.05, 0.1) is 17.4 Å². The number of rotatable bonds is 8. The van der Waals surface area contributed by atoms with Crippen LogP contribution in [0.5, 0.6) is 0 Å². The first-order valence-corrected chi connectivity index (χ1v) is 12.6. The molecule has 3 aromatic rings. The fourth-order valence-corrected chi connectivity index (χ4v) is 5.76. The van der Waals surface area contributed by atoms with Crippen molar-refractivity contribution in [3.63, 3.8) is 0 Å². The van der Waals surface area contributed by atoms with Gasteiger partial charge in [-0.1, -0.05) is 69.2 Å². The molecule has 37 heavy (non-hydrogen) atoms. The zero-order valence-electron chi connectivity index (χ0n) is 21.1. The Kier molecular flexibility index (Phi) is 7.35. The van der Waals surface area contributed by atoms with Crippen LogP contribution < -0.4 is 11.1 Å². The molecular formula is C29H32N4O4. The van der Waals surface area contributed by atoms with Crippen LogP contribution in [0.2, 0.25) is 0 Å². The summed E-state index contributed by atoms with van der Waals surface area (Å²) >= 11 is 0. The molecule has 0 bridgehead atoms. The van der Waals surface area contributed by atoms with E-state index in [1.807, 2.05) is 56.3 Å². The highest BCUT2D eigenvalue weighted by atomic mass is 16.4. The molecule has 1 fully saturated rings. The lowest BCUT2D eigenvalue weighted by Gasteiger charge is -2.41. The molecule has 8 heteroatoms. The number of aromatic carboxylic acids is 1. The molecule has 2 aromatic carbocycles. The quantitative estimate of drug-likeness (QED) is 0.359. The molecule has 1 aliphatic rings. The topological polar surface area (TPSA) is 149 Å². The van der Waals surface area contributed by atoms with Crippen molar-refractivity contribution in [1.82, 2.24) is 10.3 Å². The average molecular weight is 501 g/mol. The summed E-state index contributed by atoms with van der Waals surface area (Å²) in [6, 6.07) is 16.6. The number of nitrogens with one attached hydrogen (secondary N) is 2. The molecule has 8 nitrogen and oxygen atoms in total. The Morgan fingerprint density at radius 2 is 1.89 bits per heavy atom. The number of carbonyl (C=O) groups is 3. The third-order valence-electron chi connectivity index (χ3n) is 7.41. The lowest BCUT2D eigenvalue weighted by molar-refractivity contribution is -0.137. The minimum Gasteiger partial charge on any atom is -0.477 e. The number of aromatic nitrogens is 1. The van der Waals surface area contributed by atoms with E-state index in [2.05, 4.69) is 16.4 Å². The van der Waals surface area contributed by atoms with Gasteiger partial charge < -0.3 is 21.1 Å². The van der Waals surface area contributed by atoms with Gasteiger partial charge >= 0.3 is 5.97 Å². The first kappa shape index (κ1) is 26.0. The number of H-pyrrole nitrogens is 1. The maximum atomic E-state index is 13.6. The Labute approximate surface area is 215 Å². The fraction of sp³-hybridized carbons (Fsp3) is 0.379. The van der Waals surface area contributed by atoms with Gasteiger partial charge in [-0.2, -0.15) is 5.26 Å². The second-order valence-electron chi connectivity index (χ2n) is 10.3. The van der Waals surface area contributed by atoms with Gasteiger partial charge in [-0.05, 0) is 42.4 Å². The summed E-state index contributed by atoms with van der Waals surface area (Å²) in [5.41, 5.74) is 7.03. The average Bonchev–Trinajstić information content (AvgIpc) is 3.28. The summed E-state index contributed by atoms with van der Waals surface area (Å²) in [5, 5.41) is 23.1. The lowest BCUT2D eigenvalue weighted by atomic mass is 9.60. The summed E-state index contributed by atoms with van der Waals surface area (Å²) in [7, 11) is 0. The van der Waals surface area contributed by atoms with Crippen LogP contribution in [0.25, 0.3) is 22.0 Å². The van der Waals surface area contributed by atoms with E-state index in [-0.39, 0.29) is 23.6 Å². The van der Waals surface area contributed by atoms with Crippen LogP contribution in [0.1, 0.15) is 62.0 Å². The largest absolute Gasteiger partial charge is 0.477 e. The SMILES string of the molecule is CC(C)C[C@@H](C#N)NC(=O)[C@@H]1CCCC[C@@]1(C(N)=O)c1c(C(=O)O)[nH]c2cc(-c3ccccc3)ccc12. The third kappa shape index (κ3) is 4.82. The minimum atomic E-state index is -1.53. The normalized spacial score (nSPS) is 20.3. The Morgan fingerprint density at radius 1 is 1.16 bits per heavy atom. The Balaban J connectivity index is 1.87. The van der Waals surface area contributed by atoms with Crippen molar-refractivity contribution >= 4 is 28.7 Å². The molecule has 0 unspecified atom stereocenters. The molecule has 192 valence electrons. The van der Waals surface area contributed by atoms with E-state index in [1.165, 1.54) is 0 Å². The maximum Gasteiger partial charge on any atom is 0.352 e. The Bertz CT molecular complexity index is 1370. The molecular weight excluding hydrogens is 468 g/mol. The van der Waals surface area contributed by atoms with Gasteiger partial charge in [-0.15, -0.1) is 0 Å². The van der Waals surface area contributed by atoms with E-state index in [0.29, 0.717) is 36.6 Å². The van der Waals surface area contributed by atoms with Gasteiger partial charge in [-0.25, -0.2) is 4.79 Å². The molecule has 0 aliphatic heterocycles. The van der Waals surface area contributed by atoms with Gasteiger partial charge in [0, 0.05) is 16.5 Å². The van der Waals surface area contributed by atoms with Gasteiger partial charge in [0.1, 0.15) is 11.7 Å². The van der Waals surface area contributed by atoms with Gasteiger partial charge in [-0.3, -0.25) is 9.59 Å². The number of benzene rings is 2. The van der Waals surface area contributed by atoms with Crippen molar-refractivity contribution in [1.29, 1.82) is 5.26 Å². The van der Waals surface area contributed by atoms with E-state index in [4.69, 9.17) is 5.73 Å². The van der Waals surface area contributed by atoms with Crippen LogP contribution in [0.15, 0.2) is 48.5 Å². The molecule has 1 heterocycles. The number of nitriles is 1. The number of carbonyl (C=O) groups excluding carboxylic acids is 2. The van der Waals surface area contributed by atoms with E-state index in [0.717, 1.165) is 11.1 Å². The zero-order chi connectivity index (χ0) is 26.7. The van der Waals surface area contributed by atoms with Crippen molar-refractivity contribution in [3.8, 4) is 17.2 Å². The van der Waals surface area contributed by atoms with Gasteiger partial charge in [0.15, 0.2) is 0 Å². The predicted octanol–water partition coefficient (Wildman–Crippen LogP) is 4.50. The molecule has 1 aliphatic carbocycles. The number of nitrogens with zero attached hydrogens (tertiary/aromatic N) is 1. The predicted molar refractivity (Wildman–Crippen MR) is 141 cm³/mol. The Hall–Kier alpha value is -4.12. The number of aromatic amines is 1. The number of carboxylic acid groups (broad SMARTS) is 1. The highest BCUT2D eigenvalue weighted by Gasteiger charge is 2.53. The number of nitrogens with two attached hydrogens (primary N) is 1. The maximum absolute atomic E-state index is 13.6. The van der Waals surface area contributed by atoms with Crippen LogP contribution >= 0.6 is 0 Å². The first-order valence-electron chi connectivity index (χ1n) is 12.6. The molecule has 0 saturated heterocycles.